The molecule has 1 amide bonds. The number of carbonyl (C=O) groups is 1. The fourth-order valence-electron chi connectivity index (χ4n) is 2.99. The molecule has 0 saturated heterocycles. The third-order valence-corrected chi connectivity index (χ3v) is 5.46. The van der Waals surface area contributed by atoms with Gasteiger partial charge < -0.3 is 4.74 Å². The van der Waals surface area contributed by atoms with E-state index in [1.165, 1.54) is 0 Å². The minimum atomic E-state index is -2.78. The number of fused-ring (bicyclic) bond motifs is 1. The molecule has 4 aromatic rings. The third-order valence-electron chi connectivity index (χ3n) is 4.39. The van der Waals surface area contributed by atoms with E-state index >= 15 is 0 Å². The van der Waals surface area contributed by atoms with Crippen LogP contribution in [0.4, 0.5) is 13.9 Å². The smallest absolute Gasteiger partial charge is 0.320 e. The van der Waals surface area contributed by atoms with Crippen LogP contribution in [0.1, 0.15) is 17.8 Å². The van der Waals surface area contributed by atoms with Crippen LogP contribution in [0.5, 0.6) is 5.75 Å². The van der Waals surface area contributed by atoms with Crippen LogP contribution in [-0.4, -0.2) is 27.0 Å². The number of nitrogens with one attached hydrogen (secondary N) is 1. The second-order valence-corrected chi connectivity index (χ2v) is 7.48. The molecule has 1 N–H and O–H groups in total. The summed E-state index contributed by atoms with van der Waals surface area (Å²) in [6.45, 7) is -1.37. The molecular weight excluding hydrogens is 424 g/mol. The number of nitrogens with zero attached hydrogens (tertiary/aromatic N) is 4. The molecule has 0 aliphatic rings. The van der Waals surface area contributed by atoms with Crippen molar-refractivity contribution in [2.45, 2.75) is 13.5 Å². The van der Waals surface area contributed by atoms with Gasteiger partial charge >= 0.3 is 6.55 Å². The molecule has 0 unspecified atom stereocenters. The van der Waals surface area contributed by atoms with Gasteiger partial charge in [-0.05, 0) is 43.3 Å². The standard InChI is InChI=1S/C21H15F2N5O2S/c1-12-18(19-26-15-4-2-3-5-16(15)28(19)20(22)23)31-21(25-12)27-17(29)11-30-14-8-6-13(10-24)7-9-14/h2-9,20H,11H2,1H3,(H,25,27,29). The molecule has 0 spiro atoms. The SMILES string of the molecule is Cc1nc(NC(=O)COc2ccc(C#N)cc2)sc1-c1nc2ccccc2n1C(F)F. The van der Waals surface area contributed by atoms with Gasteiger partial charge in [0.1, 0.15) is 5.75 Å². The number of halogens is 2. The van der Waals surface area contributed by atoms with Crippen LogP contribution in [-0.2, 0) is 4.79 Å². The molecule has 31 heavy (non-hydrogen) atoms. The normalized spacial score (nSPS) is 10.9. The zero-order valence-electron chi connectivity index (χ0n) is 16.2. The lowest BCUT2D eigenvalue weighted by atomic mass is 10.2. The molecule has 2 heterocycles. The Morgan fingerprint density at radius 1 is 1.23 bits per heavy atom. The molecule has 4 rings (SSSR count). The van der Waals surface area contributed by atoms with Gasteiger partial charge in [0.05, 0.1) is 33.2 Å². The molecule has 0 atom stereocenters. The van der Waals surface area contributed by atoms with E-state index in [-0.39, 0.29) is 17.6 Å². The van der Waals surface area contributed by atoms with Crippen molar-refractivity contribution in [1.29, 1.82) is 5.26 Å². The lowest BCUT2D eigenvalue weighted by Crippen LogP contribution is -2.20. The number of hydrogen-bond acceptors (Lipinski definition) is 6. The Morgan fingerprint density at radius 2 is 1.97 bits per heavy atom. The Bertz CT molecular complexity index is 1290. The number of ether oxygens (including phenoxy) is 1. The topological polar surface area (TPSA) is 92.8 Å². The molecule has 0 aliphatic carbocycles. The Kier molecular flexibility index (Phi) is 5.60. The van der Waals surface area contributed by atoms with Crippen LogP contribution in [0.3, 0.4) is 0 Å². The third kappa shape index (κ3) is 4.22. The number of alkyl halides is 2. The Hall–Kier alpha value is -3.84. The lowest BCUT2D eigenvalue weighted by Gasteiger charge is -2.06. The van der Waals surface area contributed by atoms with Gasteiger partial charge in [-0.25, -0.2) is 9.97 Å². The highest BCUT2D eigenvalue weighted by Crippen LogP contribution is 2.36. The molecule has 10 heteroatoms. The molecule has 0 bridgehead atoms. The van der Waals surface area contributed by atoms with Crippen molar-refractivity contribution in [2.24, 2.45) is 0 Å². The van der Waals surface area contributed by atoms with Gasteiger partial charge in [-0.1, -0.05) is 23.5 Å². The molecule has 2 aromatic carbocycles. The molecule has 0 saturated carbocycles. The molecule has 0 radical (unpaired) electrons. The summed E-state index contributed by atoms with van der Waals surface area (Å²) in [5.74, 6) is 0.0864. The highest BCUT2D eigenvalue weighted by atomic mass is 32.1. The van der Waals surface area contributed by atoms with Crippen LogP contribution in [0.15, 0.2) is 48.5 Å². The van der Waals surface area contributed by atoms with Crippen LogP contribution >= 0.6 is 11.3 Å². The first-order valence-corrected chi connectivity index (χ1v) is 9.93. The highest BCUT2D eigenvalue weighted by Gasteiger charge is 2.23. The Labute approximate surface area is 179 Å². The molecule has 0 fully saturated rings. The van der Waals surface area contributed by atoms with Crippen LogP contribution in [0.25, 0.3) is 21.7 Å². The van der Waals surface area contributed by atoms with Crippen molar-refractivity contribution in [3.63, 3.8) is 0 Å². The first-order valence-electron chi connectivity index (χ1n) is 9.12. The zero-order chi connectivity index (χ0) is 22.0. The number of rotatable bonds is 6. The summed E-state index contributed by atoms with van der Waals surface area (Å²) in [5, 5.41) is 11.7. The minimum absolute atomic E-state index is 0.0977. The van der Waals surface area contributed by atoms with Crippen LogP contribution < -0.4 is 10.1 Å². The van der Waals surface area contributed by atoms with Gasteiger partial charge in [-0.15, -0.1) is 0 Å². The van der Waals surface area contributed by atoms with Crippen molar-refractivity contribution in [2.75, 3.05) is 11.9 Å². The van der Waals surface area contributed by atoms with E-state index in [9.17, 15) is 13.6 Å². The maximum absolute atomic E-state index is 13.7. The van der Waals surface area contributed by atoms with Crippen molar-refractivity contribution in [3.8, 4) is 22.5 Å². The number of carbonyl (C=O) groups excluding carboxylic acids is 1. The van der Waals surface area contributed by atoms with Gasteiger partial charge in [0, 0.05) is 0 Å². The van der Waals surface area contributed by atoms with Crippen molar-refractivity contribution in [1.82, 2.24) is 14.5 Å². The Balaban J connectivity index is 1.51. The van der Waals surface area contributed by atoms with Gasteiger partial charge in [0.25, 0.3) is 5.91 Å². The number of aromatic nitrogens is 3. The predicted molar refractivity (Wildman–Crippen MR) is 112 cm³/mol. The number of hydrogen-bond donors (Lipinski definition) is 1. The van der Waals surface area contributed by atoms with Crippen molar-refractivity contribution < 1.29 is 18.3 Å². The molecule has 0 aliphatic heterocycles. The number of benzene rings is 2. The summed E-state index contributed by atoms with van der Waals surface area (Å²) in [5.41, 5.74) is 1.73. The first-order chi connectivity index (χ1) is 15.0. The second kappa shape index (κ2) is 8.49. The van der Waals surface area contributed by atoms with Crippen molar-refractivity contribution in [3.05, 3.63) is 59.8 Å². The lowest BCUT2D eigenvalue weighted by molar-refractivity contribution is -0.118. The number of para-hydroxylation sites is 2. The van der Waals surface area contributed by atoms with E-state index < -0.39 is 12.5 Å². The Morgan fingerprint density at radius 3 is 2.68 bits per heavy atom. The van der Waals surface area contributed by atoms with Crippen LogP contribution in [0.2, 0.25) is 0 Å². The first kappa shape index (κ1) is 20.4. The number of nitriles is 1. The summed E-state index contributed by atoms with van der Waals surface area (Å²) in [6.07, 6.45) is 0. The fraction of sp³-hybridized carbons (Fsp3) is 0.143. The van der Waals surface area contributed by atoms with Gasteiger partial charge in [-0.2, -0.15) is 14.0 Å². The summed E-state index contributed by atoms with van der Waals surface area (Å²) in [4.78, 5) is 21.3. The monoisotopic (exact) mass is 439 g/mol. The summed E-state index contributed by atoms with van der Waals surface area (Å²) < 4.78 is 33.7. The fourth-order valence-corrected chi connectivity index (χ4v) is 3.96. The molecule has 2 aromatic heterocycles. The number of amides is 1. The minimum Gasteiger partial charge on any atom is -0.484 e. The number of imidazole rings is 1. The summed E-state index contributed by atoms with van der Waals surface area (Å²) in [7, 11) is 0. The molecule has 7 nitrogen and oxygen atoms in total. The van der Waals surface area contributed by atoms with E-state index in [4.69, 9.17) is 10.00 Å². The van der Waals surface area contributed by atoms with Gasteiger partial charge in [0.15, 0.2) is 17.6 Å². The number of aryl methyl sites for hydroxylation is 1. The van der Waals surface area contributed by atoms with E-state index in [2.05, 4.69) is 15.3 Å². The highest BCUT2D eigenvalue weighted by molar-refractivity contribution is 7.19. The zero-order valence-corrected chi connectivity index (χ0v) is 17.0. The molecule has 156 valence electrons. The predicted octanol–water partition coefficient (Wildman–Crippen LogP) is 4.75. The average molecular weight is 439 g/mol. The van der Waals surface area contributed by atoms with Gasteiger partial charge in [0.2, 0.25) is 0 Å². The van der Waals surface area contributed by atoms with E-state index in [1.54, 1.807) is 55.5 Å². The maximum atomic E-state index is 13.7. The summed E-state index contributed by atoms with van der Waals surface area (Å²) >= 11 is 1.06. The second-order valence-electron chi connectivity index (χ2n) is 6.48. The summed E-state index contributed by atoms with van der Waals surface area (Å²) in [6, 6.07) is 15.0. The number of anilines is 1. The average Bonchev–Trinajstić information content (AvgIpc) is 3.32. The van der Waals surface area contributed by atoms with Crippen molar-refractivity contribution >= 4 is 33.4 Å². The van der Waals surface area contributed by atoms with Crippen LogP contribution in [0, 0.1) is 18.3 Å². The van der Waals surface area contributed by atoms with E-state index in [0.29, 0.717) is 32.9 Å². The molecular formula is C21H15F2N5O2S. The van der Waals surface area contributed by atoms with Gasteiger partial charge in [-0.3, -0.25) is 14.7 Å². The van der Waals surface area contributed by atoms with E-state index in [0.717, 1.165) is 15.9 Å². The number of thiazole rings is 1. The maximum Gasteiger partial charge on any atom is 0.320 e. The largest absolute Gasteiger partial charge is 0.484 e. The quantitative estimate of drug-likeness (QED) is 0.468. The van der Waals surface area contributed by atoms with E-state index in [1.807, 2.05) is 6.07 Å².